The second kappa shape index (κ2) is 8.21. The van der Waals surface area contributed by atoms with Crippen molar-refractivity contribution < 1.29 is 19.1 Å². The molecule has 0 atom stereocenters. The maximum Gasteiger partial charge on any atom is 0.325 e. The zero-order valence-electron chi connectivity index (χ0n) is 12.0. The topological polar surface area (TPSA) is 81.9 Å². The Morgan fingerprint density at radius 2 is 1.90 bits per heavy atom. The normalized spacial score (nSPS) is 9.81. The van der Waals surface area contributed by atoms with Gasteiger partial charge in [0.05, 0.1) is 7.11 Å². The molecule has 2 N–H and O–H groups in total. The fraction of sp³-hybridized carbons (Fsp3) is 0.357. The summed E-state index contributed by atoms with van der Waals surface area (Å²) >= 11 is 4.85. The molecule has 7 heteroatoms. The highest BCUT2D eigenvalue weighted by atomic mass is 32.1. The molecule has 0 heterocycles. The van der Waals surface area contributed by atoms with E-state index in [1.165, 1.54) is 12.0 Å². The van der Waals surface area contributed by atoms with E-state index in [9.17, 15) is 9.59 Å². The molecule has 0 bridgehead atoms. The number of likely N-dealkylation sites (N-methyl/N-ethyl adjacent to an activating group) is 1. The fourth-order valence-electron chi connectivity index (χ4n) is 1.55. The van der Waals surface area contributed by atoms with Crippen molar-refractivity contribution in [1.82, 2.24) is 4.90 Å². The van der Waals surface area contributed by atoms with Crippen molar-refractivity contribution in [1.29, 1.82) is 0 Å². The zero-order chi connectivity index (χ0) is 15.8. The standard InChI is InChI=1S/C14H18N2O4S/c1-3-16(8-13(18)19-2)12(17)9-20-11-6-4-10(5-7-11)14(15)21/h4-7H,3,8-9H2,1-2H3,(H2,15,21). The van der Waals surface area contributed by atoms with Gasteiger partial charge in [0.1, 0.15) is 17.3 Å². The first-order chi connectivity index (χ1) is 9.97. The van der Waals surface area contributed by atoms with Crippen LogP contribution in [0.4, 0.5) is 0 Å². The first kappa shape index (κ1) is 16.9. The number of benzene rings is 1. The number of carbonyl (C=O) groups is 2. The number of hydrogen-bond acceptors (Lipinski definition) is 5. The van der Waals surface area contributed by atoms with Crippen LogP contribution in [0.25, 0.3) is 0 Å². The van der Waals surface area contributed by atoms with Crippen LogP contribution in [0.1, 0.15) is 12.5 Å². The van der Waals surface area contributed by atoms with Crippen LogP contribution < -0.4 is 10.5 Å². The Morgan fingerprint density at radius 1 is 1.29 bits per heavy atom. The van der Waals surface area contributed by atoms with Gasteiger partial charge in [-0.2, -0.15) is 0 Å². The molecular weight excluding hydrogens is 292 g/mol. The molecule has 0 unspecified atom stereocenters. The van der Waals surface area contributed by atoms with Crippen molar-refractivity contribution in [3.63, 3.8) is 0 Å². The van der Waals surface area contributed by atoms with Crippen molar-refractivity contribution in [2.45, 2.75) is 6.92 Å². The Labute approximate surface area is 128 Å². The molecule has 0 radical (unpaired) electrons. The molecule has 0 aliphatic rings. The van der Waals surface area contributed by atoms with Gasteiger partial charge in [0.25, 0.3) is 5.91 Å². The van der Waals surface area contributed by atoms with Crippen LogP contribution in [0.3, 0.4) is 0 Å². The molecule has 114 valence electrons. The van der Waals surface area contributed by atoms with E-state index in [1.54, 1.807) is 31.2 Å². The molecule has 1 aromatic rings. The average Bonchev–Trinajstić information content (AvgIpc) is 2.50. The number of amides is 1. The SMILES string of the molecule is CCN(CC(=O)OC)C(=O)COc1ccc(C(N)=S)cc1. The summed E-state index contributed by atoms with van der Waals surface area (Å²) in [4.78, 5) is 24.8. The summed E-state index contributed by atoms with van der Waals surface area (Å²) in [6.07, 6.45) is 0. The number of methoxy groups -OCH3 is 1. The van der Waals surface area contributed by atoms with Gasteiger partial charge in [-0.3, -0.25) is 9.59 Å². The Hall–Kier alpha value is -2.15. The minimum Gasteiger partial charge on any atom is -0.484 e. The van der Waals surface area contributed by atoms with E-state index in [-0.39, 0.29) is 19.1 Å². The number of ether oxygens (including phenoxy) is 2. The van der Waals surface area contributed by atoms with Crippen molar-refractivity contribution in [2.24, 2.45) is 5.73 Å². The Bertz CT molecular complexity index is 516. The average molecular weight is 310 g/mol. The molecule has 0 aliphatic heterocycles. The first-order valence-corrected chi connectivity index (χ1v) is 6.76. The van der Waals surface area contributed by atoms with Gasteiger partial charge in [-0.15, -0.1) is 0 Å². The molecule has 0 saturated carbocycles. The third kappa shape index (κ3) is 5.39. The lowest BCUT2D eigenvalue weighted by Crippen LogP contribution is -2.38. The van der Waals surface area contributed by atoms with Crippen molar-refractivity contribution in [2.75, 3.05) is 26.8 Å². The number of hydrogen-bond donors (Lipinski definition) is 1. The number of nitrogens with two attached hydrogens (primary N) is 1. The van der Waals surface area contributed by atoms with Crippen LogP contribution >= 0.6 is 12.2 Å². The van der Waals surface area contributed by atoms with Gasteiger partial charge in [-0.1, -0.05) is 12.2 Å². The fourth-order valence-corrected chi connectivity index (χ4v) is 1.68. The molecule has 0 aliphatic carbocycles. The Balaban J connectivity index is 2.54. The lowest BCUT2D eigenvalue weighted by atomic mass is 10.2. The lowest BCUT2D eigenvalue weighted by molar-refractivity contribution is -0.147. The number of rotatable bonds is 7. The van der Waals surface area contributed by atoms with Crippen LogP contribution in [0, 0.1) is 0 Å². The lowest BCUT2D eigenvalue weighted by Gasteiger charge is -2.19. The molecule has 0 fully saturated rings. The highest BCUT2D eigenvalue weighted by Crippen LogP contribution is 2.12. The Morgan fingerprint density at radius 3 is 2.38 bits per heavy atom. The number of carbonyl (C=O) groups excluding carboxylic acids is 2. The molecule has 1 amide bonds. The summed E-state index contributed by atoms with van der Waals surface area (Å²) in [6, 6.07) is 6.79. The van der Waals surface area contributed by atoms with Gasteiger partial charge in [0.2, 0.25) is 0 Å². The summed E-state index contributed by atoms with van der Waals surface area (Å²) < 4.78 is 9.91. The van der Waals surface area contributed by atoms with Gasteiger partial charge in [-0.05, 0) is 31.2 Å². The number of thiocarbonyl (C=S) groups is 1. The predicted molar refractivity (Wildman–Crippen MR) is 82.1 cm³/mol. The molecule has 0 aromatic heterocycles. The molecule has 0 spiro atoms. The highest BCUT2D eigenvalue weighted by Gasteiger charge is 2.16. The van der Waals surface area contributed by atoms with Gasteiger partial charge >= 0.3 is 5.97 Å². The molecule has 6 nitrogen and oxygen atoms in total. The summed E-state index contributed by atoms with van der Waals surface area (Å²) in [6.45, 7) is 1.93. The monoisotopic (exact) mass is 310 g/mol. The van der Waals surface area contributed by atoms with Crippen molar-refractivity contribution >= 4 is 29.1 Å². The summed E-state index contributed by atoms with van der Waals surface area (Å²) in [5.74, 6) is -0.232. The molecule has 1 aromatic carbocycles. The van der Waals surface area contributed by atoms with E-state index in [4.69, 9.17) is 22.7 Å². The number of esters is 1. The second-order valence-electron chi connectivity index (χ2n) is 4.16. The van der Waals surface area contributed by atoms with Crippen LogP contribution in [0.15, 0.2) is 24.3 Å². The third-order valence-corrected chi connectivity index (χ3v) is 3.02. The van der Waals surface area contributed by atoms with Gasteiger partial charge in [-0.25, -0.2) is 0 Å². The molecule has 21 heavy (non-hydrogen) atoms. The van der Waals surface area contributed by atoms with Crippen LogP contribution in [0.2, 0.25) is 0 Å². The van der Waals surface area contributed by atoms with E-state index in [2.05, 4.69) is 4.74 Å². The maximum absolute atomic E-state index is 11.9. The van der Waals surface area contributed by atoms with E-state index < -0.39 is 5.97 Å². The van der Waals surface area contributed by atoms with Crippen molar-refractivity contribution in [3.8, 4) is 5.75 Å². The van der Waals surface area contributed by atoms with Gasteiger partial charge in [0, 0.05) is 12.1 Å². The van der Waals surface area contributed by atoms with E-state index in [0.717, 1.165) is 5.56 Å². The number of nitrogens with zero attached hydrogens (tertiary/aromatic N) is 1. The Kier molecular flexibility index (Phi) is 6.61. The van der Waals surface area contributed by atoms with Crippen molar-refractivity contribution in [3.05, 3.63) is 29.8 Å². The quantitative estimate of drug-likeness (QED) is 0.590. The molecule has 1 rings (SSSR count). The minimum atomic E-state index is -0.467. The van der Waals surface area contributed by atoms with Gasteiger partial charge in [0.15, 0.2) is 6.61 Å². The smallest absolute Gasteiger partial charge is 0.325 e. The maximum atomic E-state index is 11.9. The van der Waals surface area contributed by atoms with E-state index in [1.807, 2.05) is 0 Å². The van der Waals surface area contributed by atoms with Crippen LogP contribution in [-0.2, 0) is 14.3 Å². The summed E-state index contributed by atoms with van der Waals surface area (Å²) in [5, 5.41) is 0. The van der Waals surface area contributed by atoms with E-state index in [0.29, 0.717) is 17.3 Å². The second-order valence-corrected chi connectivity index (χ2v) is 4.60. The van der Waals surface area contributed by atoms with Crippen LogP contribution in [-0.4, -0.2) is 48.6 Å². The predicted octanol–water partition coefficient (Wildman–Crippen LogP) is 0.721. The molecular formula is C14H18N2O4S. The third-order valence-electron chi connectivity index (χ3n) is 2.78. The van der Waals surface area contributed by atoms with E-state index >= 15 is 0 Å². The summed E-state index contributed by atoms with van der Waals surface area (Å²) in [5.41, 5.74) is 6.22. The summed E-state index contributed by atoms with van der Waals surface area (Å²) in [7, 11) is 1.28. The zero-order valence-corrected chi connectivity index (χ0v) is 12.8. The molecule has 0 saturated heterocycles. The minimum absolute atomic E-state index is 0.0877. The largest absolute Gasteiger partial charge is 0.484 e. The van der Waals surface area contributed by atoms with Crippen LogP contribution in [0.5, 0.6) is 5.75 Å². The van der Waals surface area contributed by atoms with Gasteiger partial charge < -0.3 is 20.1 Å². The first-order valence-electron chi connectivity index (χ1n) is 6.35. The highest BCUT2D eigenvalue weighted by molar-refractivity contribution is 7.80.